The molecule has 0 aliphatic heterocycles. The van der Waals surface area contributed by atoms with E-state index in [4.69, 9.17) is 11.6 Å². The van der Waals surface area contributed by atoms with Crippen LogP contribution >= 0.6 is 11.6 Å². The summed E-state index contributed by atoms with van der Waals surface area (Å²) in [4.78, 5) is 4.68. The van der Waals surface area contributed by atoms with Crippen LogP contribution in [0.5, 0.6) is 5.75 Å². The molecule has 0 bridgehead atoms. The van der Waals surface area contributed by atoms with Gasteiger partial charge in [-0.2, -0.15) is 0 Å². The Kier molecular flexibility index (Phi) is 5.77. The molecule has 0 saturated heterocycles. The van der Waals surface area contributed by atoms with Gasteiger partial charge in [-0.05, 0) is 62.9 Å². The summed E-state index contributed by atoms with van der Waals surface area (Å²) in [5, 5.41) is 22.9. The van der Waals surface area contributed by atoms with E-state index in [1.807, 2.05) is 32.0 Å². The third kappa shape index (κ3) is 4.32. The number of aliphatic hydroxyl groups excluding tert-OH is 1. The van der Waals surface area contributed by atoms with E-state index in [1.54, 1.807) is 31.3 Å². The summed E-state index contributed by atoms with van der Waals surface area (Å²) in [7, 11) is 1.68. The van der Waals surface area contributed by atoms with Gasteiger partial charge in [0.2, 0.25) is 0 Å². The molecule has 0 aromatic heterocycles. The molecule has 0 aliphatic rings. The van der Waals surface area contributed by atoms with Crippen LogP contribution in [0, 0.1) is 6.92 Å². The number of aliphatic imine (C=N–C) groups is 1. The molecule has 122 valence electrons. The lowest BCUT2D eigenvalue weighted by atomic mass is 9.97. The second-order valence-electron chi connectivity index (χ2n) is 5.46. The highest BCUT2D eigenvalue weighted by Gasteiger charge is 2.16. The van der Waals surface area contributed by atoms with Gasteiger partial charge >= 0.3 is 0 Å². The monoisotopic (exact) mass is 332 g/mol. The highest BCUT2D eigenvalue weighted by Crippen LogP contribution is 2.22. The second kappa shape index (κ2) is 7.59. The fraction of sp³-hybridized carbons (Fsp3) is 0.278. The molecule has 0 spiro atoms. The number of phenols is 1. The molecular weight excluding hydrogens is 312 g/mol. The summed E-state index contributed by atoms with van der Waals surface area (Å²) in [5.41, 5.74) is 3.51. The average molecular weight is 333 g/mol. The predicted octanol–water partition coefficient (Wildman–Crippen LogP) is 3.12. The minimum atomic E-state index is -0.749. The average Bonchev–Trinajstić information content (AvgIpc) is 2.55. The molecule has 5 heteroatoms. The van der Waals surface area contributed by atoms with Crippen molar-refractivity contribution in [3.8, 4) is 5.75 Å². The van der Waals surface area contributed by atoms with Crippen LogP contribution in [-0.2, 0) is 0 Å². The standard InChI is InChI=1S/C18H21ClN2O2/c1-11-4-7-14(19)10-16(11)17(21-12(2)18(23)20-3)13-5-8-15(22)9-6-13/h4-10,12,18,20,22-23H,1-3H3. The van der Waals surface area contributed by atoms with E-state index < -0.39 is 6.23 Å². The van der Waals surface area contributed by atoms with E-state index in [2.05, 4.69) is 10.3 Å². The molecule has 2 atom stereocenters. The van der Waals surface area contributed by atoms with Crippen molar-refractivity contribution in [2.45, 2.75) is 26.1 Å². The van der Waals surface area contributed by atoms with Crippen molar-refractivity contribution in [2.75, 3.05) is 7.05 Å². The summed E-state index contributed by atoms with van der Waals surface area (Å²) < 4.78 is 0. The van der Waals surface area contributed by atoms with Crippen molar-refractivity contribution < 1.29 is 10.2 Å². The Morgan fingerprint density at radius 2 is 1.83 bits per heavy atom. The molecule has 2 unspecified atom stereocenters. The van der Waals surface area contributed by atoms with Crippen molar-refractivity contribution >= 4 is 17.3 Å². The highest BCUT2D eigenvalue weighted by atomic mass is 35.5. The molecule has 23 heavy (non-hydrogen) atoms. The van der Waals surface area contributed by atoms with Gasteiger partial charge in [-0.25, -0.2) is 0 Å². The van der Waals surface area contributed by atoms with Gasteiger partial charge in [0.1, 0.15) is 12.0 Å². The molecule has 4 nitrogen and oxygen atoms in total. The van der Waals surface area contributed by atoms with Gasteiger partial charge < -0.3 is 10.2 Å². The lowest BCUT2D eigenvalue weighted by molar-refractivity contribution is 0.125. The maximum absolute atomic E-state index is 9.95. The van der Waals surface area contributed by atoms with Crippen LogP contribution in [0.15, 0.2) is 47.5 Å². The minimum absolute atomic E-state index is 0.194. The molecule has 0 saturated carbocycles. The first-order chi connectivity index (χ1) is 10.9. The summed E-state index contributed by atoms with van der Waals surface area (Å²) >= 11 is 6.14. The summed E-state index contributed by atoms with van der Waals surface area (Å²) in [6, 6.07) is 12.1. The molecule has 0 heterocycles. The fourth-order valence-corrected chi connectivity index (χ4v) is 2.46. The van der Waals surface area contributed by atoms with E-state index >= 15 is 0 Å². The third-order valence-corrected chi connectivity index (χ3v) is 3.92. The van der Waals surface area contributed by atoms with Crippen molar-refractivity contribution in [2.24, 2.45) is 4.99 Å². The SMILES string of the molecule is CNC(O)C(C)N=C(c1ccc(O)cc1)c1cc(Cl)ccc1C. The Morgan fingerprint density at radius 3 is 2.43 bits per heavy atom. The first-order valence-corrected chi connectivity index (χ1v) is 7.79. The molecule has 2 rings (SSSR count). The Morgan fingerprint density at radius 1 is 1.17 bits per heavy atom. The number of nitrogens with one attached hydrogen (secondary N) is 1. The van der Waals surface area contributed by atoms with Crippen LogP contribution in [0.3, 0.4) is 0 Å². The molecule has 0 radical (unpaired) electrons. The van der Waals surface area contributed by atoms with E-state index in [-0.39, 0.29) is 11.8 Å². The largest absolute Gasteiger partial charge is 0.508 e. The van der Waals surface area contributed by atoms with E-state index in [1.165, 1.54) is 0 Å². The summed E-state index contributed by atoms with van der Waals surface area (Å²) in [5.74, 6) is 0.194. The van der Waals surface area contributed by atoms with Crippen LogP contribution in [0.1, 0.15) is 23.6 Å². The Bertz CT molecular complexity index is 699. The maximum Gasteiger partial charge on any atom is 0.127 e. The topological polar surface area (TPSA) is 64.8 Å². The smallest absolute Gasteiger partial charge is 0.127 e. The Labute approximate surface area is 141 Å². The van der Waals surface area contributed by atoms with Crippen LogP contribution in [0.2, 0.25) is 5.02 Å². The second-order valence-corrected chi connectivity index (χ2v) is 5.89. The Balaban J connectivity index is 2.57. The number of phenolic OH excluding ortho intramolecular Hbond substituents is 1. The van der Waals surface area contributed by atoms with Crippen LogP contribution < -0.4 is 5.32 Å². The van der Waals surface area contributed by atoms with Gasteiger partial charge in [-0.3, -0.25) is 10.3 Å². The zero-order chi connectivity index (χ0) is 17.0. The van der Waals surface area contributed by atoms with Gasteiger partial charge in [0.25, 0.3) is 0 Å². The first-order valence-electron chi connectivity index (χ1n) is 7.41. The number of benzene rings is 2. The number of rotatable bonds is 5. The number of nitrogens with zero attached hydrogens (tertiary/aromatic N) is 1. The zero-order valence-electron chi connectivity index (χ0n) is 13.4. The third-order valence-electron chi connectivity index (χ3n) is 3.68. The minimum Gasteiger partial charge on any atom is -0.508 e. The lowest BCUT2D eigenvalue weighted by Gasteiger charge is -2.18. The van der Waals surface area contributed by atoms with Gasteiger partial charge in [0.05, 0.1) is 11.8 Å². The van der Waals surface area contributed by atoms with E-state index in [0.717, 1.165) is 22.4 Å². The van der Waals surface area contributed by atoms with Crippen LogP contribution in [0.25, 0.3) is 0 Å². The quantitative estimate of drug-likeness (QED) is 0.582. The molecule has 2 aromatic rings. The predicted molar refractivity (Wildman–Crippen MR) is 94.5 cm³/mol. The maximum atomic E-state index is 9.95. The van der Waals surface area contributed by atoms with Crippen LogP contribution in [-0.4, -0.2) is 35.2 Å². The molecule has 0 fully saturated rings. The molecular formula is C18H21ClN2O2. The van der Waals surface area contributed by atoms with Crippen LogP contribution in [0.4, 0.5) is 0 Å². The molecule has 2 aromatic carbocycles. The zero-order valence-corrected chi connectivity index (χ0v) is 14.2. The van der Waals surface area contributed by atoms with Crippen molar-refractivity contribution in [3.05, 3.63) is 64.2 Å². The first kappa shape index (κ1) is 17.5. The van der Waals surface area contributed by atoms with Gasteiger partial charge in [0.15, 0.2) is 0 Å². The number of halogens is 1. The van der Waals surface area contributed by atoms with Crippen molar-refractivity contribution in [1.82, 2.24) is 5.32 Å². The van der Waals surface area contributed by atoms with Gasteiger partial charge in [-0.1, -0.05) is 17.7 Å². The number of aryl methyl sites for hydroxylation is 1. The Hall–Kier alpha value is -1.88. The molecule has 0 aliphatic carbocycles. The number of hydrogen-bond acceptors (Lipinski definition) is 4. The molecule has 0 amide bonds. The lowest BCUT2D eigenvalue weighted by Crippen LogP contribution is -2.35. The number of likely N-dealkylation sites (N-methyl/N-ethyl adjacent to an activating group) is 1. The summed E-state index contributed by atoms with van der Waals surface area (Å²) in [6.07, 6.45) is -0.749. The summed E-state index contributed by atoms with van der Waals surface area (Å²) in [6.45, 7) is 3.82. The fourth-order valence-electron chi connectivity index (χ4n) is 2.28. The van der Waals surface area contributed by atoms with E-state index in [9.17, 15) is 10.2 Å². The van der Waals surface area contributed by atoms with Crippen molar-refractivity contribution in [1.29, 1.82) is 0 Å². The normalized spacial score (nSPS) is 14.6. The van der Waals surface area contributed by atoms with Gasteiger partial charge in [-0.15, -0.1) is 0 Å². The molecule has 3 N–H and O–H groups in total. The number of aromatic hydroxyl groups is 1. The van der Waals surface area contributed by atoms with Crippen molar-refractivity contribution in [3.63, 3.8) is 0 Å². The van der Waals surface area contributed by atoms with E-state index in [0.29, 0.717) is 5.02 Å². The highest BCUT2D eigenvalue weighted by molar-refractivity contribution is 6.31. The van der Waals surface area contributed by atoms with Gasteiger partial charge in [0, 0.05) is 16.1 Å². The number of aliphatic hydroxyl groups is 1. The number of hydrogen-bond donors (Lipinski definition) is 3.